The van der Waals surface area contributed by atoms with Crippen molar-refractivity contribution in [3.63, 3.8) is 0 Å². The third kappa shape index (κ3) is 9.23. The Morgan fingerprint density at radius 2 is 1.50 bits per heavy atom. The summed E-state index contributed by atoms with van der Waals surface area (Å²) in [6, 6.07) is 9.89. The predicted molar refractivity (Wildman–Crippen MR) is 165 cm³/mol. The van der Waals surface area contributed by atoms with Crippen molar-refractivity contribution in [1.82, 2.24) is 9.80 Å². The number of nitro benzene ring substituents is 2. The molecule has 0 aliphatic carbocycles. The van der Waals surface area contributed by atoms with Gasteiger partial charge in [0.05, 0.1) is 15.9 Å². The van der Waals surface area contributed by atoms with Gasteiger partial charge in [0.1, 0.15) is 31.5 Å². The van der Waals surface area contributed by atoms with Crippen LogP contribution in [0.4, 0.5) is 16.2 Å². The molecule has 3 atom stereocenters. The van der Waals surface area contributed by atoms with E-state index < -0.39 is 28.0 Å². The Kier molecular flexibility index (Phi) is 11.2. The second-order valence-electron chi connectivity index (χ2n) is 10.7. The van der Waals surface area contributed by atoms with Crippen molar-refractivity contribution in [2.24, 2.45) is 10.7 Å². The number of carbonyl (C=O) groups is 4. The number of nitrogens with two attached hydrogens (primary N) is 1. The first kappa shape index (κ1) is 33.8. The number of amides is 2. The molecule has 0 saturated carbocycles. The molecular formula is C29H32N6O10S. The fourth-order valence-corrected chi connectivity index (χ4v) is 6.09. The Balaban J connectivity index is 1.30. The number of benzene rings is 2. The van der Waals surface area contributed by atoms with Gasteiger partial charge in [-0.25, -0.2) is 4.79 Å². The maximum absolute atomic E-state index is 13.6. The van der Waals surface area contributed by atoms with Crippen LogP contribution in [0.3, 0.4) is 0 Å². The van der Waals surface area contributed by atoms with Crippen LogP contribution in [-0.2, 0) is 37.1 Å². The number of esters is 1. The molecule has 0 spiro atoms. The third-order valence-corrected chi connectivity index (χ3v) is 8.33. The standard InChI is InChI=1S/C29H32N6O10S/c1-18(36)46-24-12-25(33(15-24)29(39)45-17-20-4-8-23(9-5-20)35(42)43)28(38)32-11-10-21(14-32)31-26(30)13-27(37)44-16-19-2-6-22(7-3-19)34(40)41/h2-9,21,24-25H,10-17H2,1H3,(H2,30,31)/t21-,24-,25-/m0/s1. The van der Waals surface area contributed by atoms with Crippen LogP contribution in [0, 0.1) is 20.2 Å². The normalized spacial score (nSPS) is 19.5. The second-order valence-corrected chi connectivity index (χ2v) is 12.2. The highest BCUT2D eigenvalue weighted by Gasteiger charge is 2.44. The van der Waals surface area contributed by atoms with Crippen molar-refractivity contribution in [2.45, 2.75) is 56.7 Å². The van der Waals surface area contributed by atoms with E-state index in [2.05, 4.69) is 4.99 Å². The summed E-state index contributed by atoms with van der Waals surface area (Å²) in [5, 5.41) is 21.2. The number of amidine groups is 1. The molecule has 46 heavy (non-hydrogen) atoms. The first-order valence-electron chi connectivity index (χ1n) is 14.2. The van der Waals surface area contributed by atoms with Gasteiger partial charge < -0.3 is 20.1 Å². The monoisotopic (exact) mass is 656 g/mol. The van der Waals surface area contributed by atoms with Gasteiger partial charge in [0.15, 0.2) is 5.12 Å². The zero-order valence-corrected chi connectivity index (χ0v) is 25.6. The maximum Gasteiger partial charge on any atom is 0.410 e. The molecule has 2 heterocycles. The minimum atomic E-state index is -0.865. The van der Waals surface area contributed by atoms with Crippen LogP contribution < -0.4 is 5.73 Å². The highest BCUT2D eigenvalue weighted by Crippen LogP contribution is 2.31. The van der Waals surface area contributed by atoms with Gasteiger partial charge in [0, 0.05) is 56.1 Å². The SMILES string of the molecule is CC(=O)S[C@H]1C[C@@H](C(=O)N2CC[C@H](N=C(N)CC(=O)OCc3ccc([N+](=O)[O-])cc3)C2)N(C(=O)OCc2ccc([N+](=O)[O-])cc2)C1. The Labute approximate surface area is 267 Å². The average Bonchev–Trinajstić information content (AvgIpc) is 3.66. The summed E-state index contributed by atoms with van der Waals surface area (Å²) in [6.07, 6.45) is -0.289. The summed E-state index contributed by atoms with van der Waals surface area (Å²) in [6.45, 7) is 1.85. The Morgan fingerprint density at radius 1 is 0.935 bits per heavy atom. The number of non-ortho nitro benzene ring substituents is 2. The lowest BCUT2D eigenvalue weighted by Gasteiger charge is -2.27. The van der Waals surface area contributed by atoms with Gasteiger partial charge >= 0.3 is 12.1 Å². The molecule has 0 aromatic heterocycles. The number of thioether (sulfide) groups is 1. The smallest absolute Gasteiger partial charge is 0.410 e. The largest absolute Gasteiger partial charge is 0.460 e. The topological polar surface area (TPSA) is 218 Å². The van der Waals surface area contributed by atoms with Gasteiger partial charge in [-0.1, -0.05) is 11.8 Å². The molecule has 0 radical (unpaired) electrons. The van der Waals surface area contributed by atoms with Crippen molar-refractivity contribution in [3.8, 4) is 0 Å². The van der Waals surface area contributed by atoms with Gasteiger partial charge in [-0.15, -0.1) is 0 Å². The number of nitro groups is 2. The van der Waals surface area contributed by atoms with Crippen molar-refractivity contribution in [3.05, 3.63) is 79.9 Å². The fraction of sp³-hybridized carbons (Fsp3) is 0.414. The van der Waals surface area contributed by atoms with Gasteiger partial charge in [0.25, 0.3) is 11.4 Å². The summed E-state index contributed by atoms with van der Waals surface area (Å²) in [7, 11) is 0. The number of carbonyl (C=O) groups excluding carboxylic acids is 4. The number of ether oxygens (including phenoxy) is 2. The highest BCUT2D eigenvalue weighted by molar-refractivity contribution is 8.14. The van der Waals surface area contributed by atoms with Gasteiger partial charge in [-0.05, 0) is 48.2 Å². The van der Waals surface area contributed by atoms with E-state index in [4.69, 9.17) is 15.2 Å². The van der Waals surface area contributed by atoms with E-state index in [9.17, 15) is 39.4 Å². The summed E-state index contributed by atoms with van der Waals surface area (Å²) in [5.74, 6) is -0.922. The second kappa shape index (κ2) is 15.3. The number of nitrogens with zero attached hydrogens (tertiary/aromatic N) is 5. The summed E-state index contributed by atoms with van der Waals surface area (Å²) < 4.78 is 10.6. The lowest BCUT2D eigenvalue weighted by molar-refractivity contribution is -0.385. The van der Waals surface area contributed by atoms with Gasteiger partial charge in [0.2, 0.25) is 5.91 Å². The molecule has 16 nitrogen and oxygen atoms in total. The van der Waals surface area contributed by atoms with E-state index in [0.29, 0.717) is 24.1 Å². The predicted octanol–water partition coefficient (Wildman–Crippen LogP) is 2.95. The van der Waals surface area contributed by atoms with Crippen molar-refractivity contribution in [2.75, 3.05) is 19.6 Å². The molecular weight excluding hydrogens is 624 g/mol. The average molecular weight is 657 g/mol. The molecule has 2 fully saturated rings. The van der Waals surface area contributed by atoms with Crippen molar-refractivity contribution < 1.29 is 38.5 Å². The van der Waals surface area contributed by atoms with Crippen LogP contribution in [0.2, 0.25) is 0 Å². The number of rotatable bonds is 11. The van der Waals surface area contributed by atoms with E-state index in [1.54, 1.807) is 4.90 Å². The minimum Gasteiger partial charge on any atom is -0.460 e. The maximum atomic E-state index is 13.6. The Bertz CT molecular complexity index is 1520. The molecule has 2 aromatic rings. The van der Waals surface area contributed by atoms with Crippen LogP contribution in [-0.4, -0.2) is 85.5 Å². The summed E-state index contributed by atoms with van der Waals surface area (Å²) in [5.41, 5.74) is 6.91. The van der Waals surface area contributed by atoms with Crippen LogP contribution in [0.25, 0.3) is 0 Å². The third-order valence-electron chi connectivity index (χ3n) is 7.32. The number of likely N-dealkylation sites (tertiary alicyclic amines) is 2. The molecule has 0 unspecified atom stereocenters. The number of aliphatic imine (C=N–C) groups is 1. The zero-order valence-electron chi connectivity index (χ0n) is 24.8. The highest BCUT2D eigenvalue weighted by atomic mass is 32.2. The van der Waals surface area contributed by atoms with E-state index in [0.717, 1.165) is 11.8 Å². The van der Waals surface area contributed by atoms with Crippen molar-refractivity contribution in [1.29, 1.82) is 0 Å². The van der Waals surface area contributed by atoms with Crippen LogP contribution >= 0.6 is 11.8 Å². The molecule has 0 bridgehead atoms. The van der Waals surface area contributed by atoms with Gasteiger partial charge in [-0.3, -0.25) is 44.5 Å². The van der Waals surface area contributed by atoms with Crippen LogP contribution in [0.1, 0.15) is 37.3 Å². The first-order chi connectivity index (χ1) is 21.9. The van der Waals surface area contributed by atoms with E-state index >= 15 is 0 Å². The minimum absolute atomic E-state index is 0.0308. The summed E-state index contributed by atoms with van der Waals surface area (Å²) >= 11 is 1.05. The van der Waals surface area contributed by atoms with Crippen LogP contribution in [0.5, 0.6) is 0 Å². The molecule has 244 valence electrons. The molecule has 2 aliphatic rings. The molecule has 2 aromatic carbocycles. The van der Waals surface area contributed by atoms with Crippen LogP contribution in [0.15, 0.2) is 53.5 Å². The van der Waals surface area contributed by atoms with E-state index in [1.165, 1.54) is 60.4 Å². The molecule has 2 saturated heterocycles. The van der Waals surface area contributed by atoms with Crippen molar-refractivity contribution >= 4 is 52.1 Å². The molecule has 17 heteroatoms. The number of hydrogen-bond donors (Lipinski definition) is 1. The summed E-state index contributed by atoms with van der Waals surface area (Å²) in [4.78, 5) is 78.5. The zero-order chi connectivity index (χ0) is 33.4. The number of hydrogen-bond acceptors (Lipinski definition) is 12. The Hall–Kier alpha value is -5.06. The van der Waals surface area contributed by atoms with E-state index in [1.807, 2.05) is 0 Å². The fourth-order valence-electron chi connectivity index (χ4n) is 5.11. The Morgan fingerprint density at radius 3 is 2.04 bits per heavy atom. The lowest BCUT2D eigenvalue weighted by Crippen LogP contribution is -2.47. The molecule has 2 N–H and O–H groups in total. The van der Waals surface area contributed by atoms with E-state index in [-0.39, 0.29) is 78.7 Å². The molecule has 2 amide bonds. The molecule has 4 rings (SSSR count). The molecule has 2 aliphatic heterocycles. The van der Waals surface area contributed by atoms with Gasteiger partial charge in [-0.2, -0.15) is 0 Å². The quantitative estimate of drug-likeness (QED) is 0.121. The first-order valence-corrected chi connectivity index (χ1v) is 15.1. The lowest BCUT2D eigenvalue weighted by atomic mass is 10.2.